The number of nitrogens with zero attached hydrogens (tertiary/aromatic N) is 1. The van der Waals surface area contributed by atoms with E-state index in [9.17, 15) is 9.59 Å². The molecule has 1 aromatic heterocycles. The fourth-order valence-corrected chi connectivity index (χ4v) is 3.49. The highest BCUT2D eigenvalue weighted by molar-refractivity contribution is 7.17. The van der Waals surface area contributed by atoms with Gasteiger partial charge in [-0.25, -0.2) is 4.79 Å². The molecule has 1 aliphatic heterocycles. The molecule has 2 rings (SSSR count). The van der Waals surface area contributed by atoms with Crippen molar-refractivity contribution in [1.29, 1.82) is 0 Å². The van der Waals surface area contributed by atoms with Gasteiger partial charge in [-0.2, -0.15) is 0 Å². The van der Waals surface area contributed by atoms with Crippen LogP contribution in [0.15, 0.2) is 0 Å². The van der Waals surface area contributed by atoms with E-state index in [-0.39, 0.29) is 0 Å². The molecule has 0 fully saturated rings. The first-order valence-corrected chi connectivity index (χ1v) is 6.57. The molecular weight excluding hydrogens is 252 g/mol. The number of thiophene rings is 1. The fourth-order valence-electron chi connectivity index (χ4n) is 2.19. The number of hydrogen-bond acceptors (Lipinski definition) is 4. The molecule has 98 valence electrons. The molecule has 0 bridgehead atoms. The van der Waals surface area contributed by atoms with Crippen molar-refractivity contribution in [3.05, 3.63) is 16.0 Å². The fraction of sp³-hybridized carbons (Fsp3) is 0.455. The smallest absolute Gasteiger partial charge is 0.317 e. The summed E-state index contributed by atoms with van der Waals surface area (Å²) in [7, 11) is 0. The van der Waals surface area contributed by atoms with E-state index in [0.717, 1.165) is 36.5 Å². The highest BCUT2D eigenvalue weighted by atomic mass is 32.1. The van der Waals surface area contributed by atoms with E-state index in [2.05, 4.69) is 17.1 Å². The summed E-state index contributed by atoms with van der Waals surface area (Å²) in [5, 5.41) is 2.95. The summed E-state index contributed by atoms with van der Waals surface area (Å²) in [5.74, 6) is -0.513. The van der Waals surface area contributed by atoms with Gasteiger partial charge in [0.2, 0.25) is 0 Å². The molecular formula is C11H16N4O2S. The van der Waals surface area contributed by atoms with Gasteiger partial charge in [0, 0.05) is 18.0 Å². The monoisotopic (exact) mass is 268 g/mol. The van der Waals surface area contributed by atoms with Crippen molar-refractivity contribution >= 4 is 28.3 Å². The van der Waals surface area contributed by atoms with Gasteiger partial charge in [-0.15, -0.1) is 11.3 Å². The Hall–Kier alpha value is -1.60. The van der Waals surface area contributed by atoms with Gasteiger partial charge in [0.25, 0.3) is 5.91 Å². The Kier molecular flexibility index (Phi) is 3.53. The van der Waals surface area contributed by atoms with E-state index in [1.54, 1.807) is 0 Å². The summed E-state index contributed by atoms with van der Waals surface area (Å²) in [6.45, 7) is 4.74. The quantitative estimate of drug-likeness (QED) is 0.752. The minimum Gasteiger partial charge on any atom is -0.365 e. The van der Waals surface area contributed by atoms with Crippen molar-refractivity contribution in [1.82, 2.24) is 4.90 Å². The Morgan fingerprint density at radius 2 is 2.17 bits per heavy atom. The highest BCUT2D eigenvalue weighted by Gasteiger charge is 2.26. The third-order valence-corrected chi connectivity index (χ3v) is 4.20. The topological polar surface area (TPSA) is 101 Å². The lowest BCUT2D eigenvalue weighted by atomic mass is 10.0. The van der Waals surface area contributed by atoms with E-state index in [4.69, 9.17) is 11.5 Å². The molecule has 0 unspecified atom stereocenters. The minimum absolute atomic E-state index is 0.421. The van der Waals surface area contributed by atoms with Gasteiger partial charge >= 0.3 is 6.03 Å². The molecule has 18 heavy (non-hydrogen) atoms. The van der Waals surface area contributed by atoms with Crippen molar-refractivity contribution in [2.45, 2.75) is 19.9 Å². The predicted molar refractivity (Wildman–Crippen MR) is 70.7 cm³/mol. The second kappa shape index (κ2) is 4.95. The SMILES string of the molecule is CCN1CCc2c(sc(NC(N)=O)c2C(N)=O)C1. The lowest BCUT2D eigenvalue weighted by Gasteiger charge is -2.25. The van der Waals surface area contributed by atoms with Crippen molar-refractivity contribution in [2.75, 3.05) is 18.4 Å². The van der Waals surface area contributed by atoms with Gasteiger partial charge in [0.1, 0.15) is 5.00 Å². The third kappa shape index (κ3) is 2.32. The number of carbonyl (C=O) groups excluding carboxylic acids is 2. The Morgan fingerprint density at radius 1 is 1.44 bits per heavy atom. The van der Waals surface area contributed by atoms with Crippen LogP contribution >= 0.6 is 11.3 Å². The molecule has 6 nitrogen and oxygen atoms in total. The molecule has 0 radical (unpaired) electrons. The van der Waals surface area contributed by atoms with Crippen LogP contribution in [0.3, 0.4) is 0 Å². The molecule has 1 aliphatic rings. The number of primary amides is 2. The van der Waals surface area contributed by atoms with Crippen molar-refractivity contribution in [3.8, 4) is 0 Å². The number of likely N-dealkylation sites (N-methyl/N-ethyl adjacent to an activating group) is 1. The summed E-state index contributed by atoms with van der Waals surface area (Å²) in [6.07, 6.45) is 0.776. The summed E-state index contributed by atoms with van der Waals surface area (Å²) < 4.78 is 0. The molecule has 5 N–H and O–H groups in total. The second-order valence-corrected chi connectivity index (χ2v) is 5.29. The Balaban J connectivity index is 2.40. The van der Waals surface area contributed by atoms with Gasteiger partial charge < -0.3 is 11.5 Å². The number of anilines is 1. The van der Waals surface area contributed by atoms with Gasteiger partial charge in [0.15, 0.2) is 0 Å². The standard InChI is InChI=1S/C11H16N4O2S/c1-2-15-4-3-6-7(5-15)18-10(14-11(13)17)8(6)9(12)16/h2-5H2,1H3,(H2,12,16)(H3,13,14,17). The summed E-state index contributed by atoms with van der Waals surface area (Å²) in [5.41, 5.74) is 11.9. The zero-order valence-corrected chi connectivity index (χ0v) is 11.0. The molecule has 1 aromatic rings. The van der Waals surface area contributed by atoms with Gasteiger partial charge in [0.05, 0.1) is 5.56 Å². The first kappa shape index (κ1) is 12.8. The van der Waals surface area contributed by atoms with Gasteiger partial charge in [-0.1, -0.05) is 6.92 Å². The maximum absolute atomic E-state index is 11.5. The Bertz CT molecular complexity index is 497. The first-order valence-electron chi connectivity index (χ1n) is 5.76. The van der Waals surface area contributed by atoms with Crippen molar-refractivity contribution < 1.29 is 9.59 Å². The number of fused-ring (bicyclic) bond motifs is 1. The van der Waals surface area contributed by atoms with Crippen LogP contribution < -0.4 is 16.8 Å². The average Bonchev–Trinajstić information content (AvgIpc) is 2.64. The molecule has 3 amide bonds. The Morgan fingerprint density at radius 3 is 2.72 bits per heavy atom. The van der Waals surface area contributed by atoms with E-state index in [1.807, 2.05) is 0 Å². The van der Waals surface area contributed by atoms with Crippen LogP contribution in [-0.2, 0) is 13.0 Å². The molecule has 0 saturated heterocycles. The van der Waals surface area contributed by atoms with Crippen LogP contribution in [-0.4, -0.2) is 29.9 Å². The van der Waals surface area contributed by atoms with E-state index in [0.29, 0.717) is 10.6 Å². The number of nitrogens with two attached hydrogens (primary N) is 2. The molecule has 7 heteroatoms. The van der Waals surface area contributed by atoms with Gasteiger partial charge in [-0.3, -0.25) is 15.0 Å². The van der Waals surface area contributed by atoms with E-state index in [1.165, 1.54) is 11.3 Å². The second-order valence-electron chi connectivity index (χ2n) is 4.18. The van der Waals surface area contributed by atoms with E-state index < -0.39 is 11.9 Å². The van der Waals surface area contributed by atoms with Gasteiger partial charge in [-0.05, 0) is 18.5 Å². The lowest BCUT2D eigenvalue weighted by Crippen LogP contribution is -2.30. The summed E-state index contributed by atoms with van der Waals surface area (Å²) in [6, 6.07) is -0.677. The molecule has 0 aromatic carbocycles. The van der Waals surface area contributed by atoms with Crippen LogP contribution in [0.25, 0.3) is 0 Å². The number of nitrogens with one attached hydrogen (secondary N) is 1. The maximum Gasteiger partial charge on any atom is 0.317 e. The first-order chi connectivity index (χ1) is 8.52. The molecule has 0 spiro atoms. The third-order valence-electron chi connectivity index (χ3n) is 3.07. The zero-order valence-electron chi connectivity index (χ0n) is 10.2. The molecule has 0 saturated carbocycles. The normalized spacial score (nSPS) is 15.2. The summed E-state index contributed by atoms with van der Waals surface area (Å²) in [4.78, 5) is 25.8. The average molecular weight is 268 g/mol. The number of hydrogen-bond donors (Lipinski definition) is 3. The zero-order chi connectivity index (χ0) is 13.3. The lowest BCUT2D eigenvalue weighted by molar-refractivity contribution is 0.1000. The number of urea groups is 1. The van der Waals surface area contributed by atoms with E-state index >= 15 is 0 Å². The number of rotatable bonds is 3. The minimum atomic E-state index is -0.677. The number of carbonyl (C=O) groups is 2. The Labute approximate surface area is 109 Å². The van der Waals surface area contributed by atoms with Crippen LogP contribution in [0.5, 0.6) is 0 Å². The van der Waals surface area contributed by atoms with Crippen LogP contribution in [0.1, 0.15) is 27.7 Å². The molecule has 0 atom stereocenters. The van der Waals surface area contributed by atoms with Crippen LogP contribution in [0.4, 0.5) is 9.80 Å². The summed E-state index contributed by atoms with van der Waals surface area (Å²) >= 11 is 1.38. The predicted octanol–water partition coefficient (Wildman–Crippen LogP) is 0.716. The largest absolute Gasteiger partial charge is 0.365 e. The maximum atomic E-state index is 11.5. The van der Waals surface area contributed by atoms with Crippen LogP contribution in [0, 0.1) is 0 Å². The molecule has 2 heterocycles. The van der Waals surface area contributed by atoms with Crippen molar-refractivity contribution in [2.24, 2.45) is 11.5 Å². The van der Waals surface area contributed by atoms with Crippen LogP contribution in [0.2, 0.25) is 0 Å². The molecule has 0 aliphatic carbocycles. The highest BCUT2D eigenvalue weighted by Crippen LogP contribution is 2.36. The van der Waals surface area contributed by atoms with Crippen molar-refractivity contribution in [3.63, 3.8) is 0 Å². The number of amides is 3.